The molecule has 4 heterocycles. The fraction of sp³-hybridized carbons (Fsp3) is 1.00. The van der Waals surface area contributed by atoms with E-state index in [-0.39, 0.29) is 12.2 Å². The first-order valence-corrected chi connectivity index (χ1v) is 15.8. The first kappa shape index (κ1) is 28.8. The van der Waals surface area contributed by atoms with Crippen LogP contribution in [0.3, 0.4) is 0 Å². The van der Waals surface area contributed by atoms with Crippen molar-refractivity contribution >= 4 is 0 Å². The maximum absolute atomic E-state index is 6.53. The fourth-order valence-electron chi connectivity index (χ4n) is 7.56. The van der Waals surface area contributed by atoms with Gasteiger partial charge in [0.1, 0.15) is 0 Å². The van der Waals surface area contributed by atoms with Crippen LogP contribution in [-0.2, 0) is 24.0 Å². The molecule has 5 nitrogen and oxygen atoms in total. The summed E-state index contributed by atoms with van der Waals surface area (Å²) in [5, 5.41) is 0. The molecule has 0 aromatic carbocycles. The Bertz CT molecular complexity index is 642. The summed E-state index contributed by atoms with van der Waals surface area (Å²) in [7, 11) is 0. The van der Waals surface area contributed by atoms with E-state index in [1.807, 2.05) is 6.92 Å². The van der Waals surface area contributed by atoms with Crippen molar-refractivity contribution in [1.29, 1.82) is 0 Å². The number of unbranched alkanes of at least 4 members (excludes halogenated alkanes) is 13. The zero-order chi connectivity index (χ0) is 25.4. The van der Waals surface area contributed by atoms with Crippen LogP contribution in [0.25, 0.3) is 0 Å². The van der Waals surface area contributed by atoms with Gasteiger partial charge in [0.05, 0.1) is 0 Å². The standard InChI is InChI=1S/C31H56O5/c1-5-6-7-8-9-10-11-12-13-14-15-16-17-18-23-32-28-25(3)27-20-19-24(2)26-21-22-30(4)34-29(33-28)31(26,27)36-35-30/h24-29H,5-23H2,1-4H3/t24-,25-,26+,27+,28-,29+,30-,31-/m1/s1. The third kappa shape index (κ3) is 6.68. The van der Waals surface area contributed by atoms with Gasteiger partial charge in [-0.1, -0.05) is 104 Å². The van der Waals surface area contributed by atoms with Crippen LogP contribution >= 0.6 is 0 Å². The molecule has 0 aromatic heterocycles. The van der Waals surface area contributed by atoms with Gasteiger partial charge in [0.2, 0.25) is 5.79 Å². The molecule has 5 fully saturated rings. The summed E-state index contributed by atoms with van der Waals surface area (Å²) in [5.74, 6) is 0.927. The SMILES string of the molecule is CCCCCCCCCCCCCCCCO[C@@H]1O[C@H]2O[C@@]3(C)CC[C@H]4[C@H](C)CC[C@@H]([C@H]1C)[C@@]24OO3. The molecule has 5 heteroatoms. The predicted molar refractivity (Wildman–Crippen MR) is 143 cm³/mol. The fourth-order valence-corrected chi connectivity index (χ4v) is 7.56. The summed E-state index contributed by atoms with van der Waals surface area (Å²) < 4.78 is 19.3. The second-order valence-electron chi connectivity index (χ2n) is 12.7. The lowest BCUT2D eigenvalue weighted by atomic mass is 9.58. The van der Waals surface area contributed by atoms with E-state index in [1.165, 1.54) is 89.9 Å². The van der Waals surface area contributed by atoms with Gasteiger partial charge in [-0.3, -0.25) is 0 Å². The van der Waals surface area contributed by atoms with Gasteiger partial charge in [0, 0.05) is 24.9 Å². The molecule has 4 aliphatic heterocycles. The number of fused-ring (bicyclic) bond motifs is 2. The van der Waals surface area contributed by atoms with Gasteiger partial charge >= 0.3 is 0 Å². The molecule has 36 heavy (non-hydrogen) atoms. The second kappa shape index (κ2) is 13.7. The van der Waals surface area contributed by atoms with Crippen LogP contribution < -0.4 is 0 Å². The molecular weight excluding hydrogens is 452 g/mol. The minimum Gasteiger partial charge on any atom is -0.352 e. The first-order chi connectivity index (χ1) is 17.5. The second-order valence-corrected chi connectivity index (χ2v) is 12.7. The van der Waals surface area contributed by atoms with Gasteiger partial charge in [0.15, 0.2) is 18.2 Å². The van der Waals surface area contributed by atoms with Gasteiger partial charge in [-0.15, -0.1) is 0 Å². The van der Waals surface area contributed by atoms with E-state index in [2.05, 4.69) is 20.8 Å². The highest BCUT2D eigenvalue weighted by molar-refractivity contribution is 5.09. The van der Waals surface area contributed by atoms with Crippen LogP contribution in [0.2, 0.25) is 0 Å². The monoisotopic (exact) mass is 508 g/mol. The zero-order valence-electron chi connectivity index (χ0n) is 23.9. The van der Waals surface area contributed by atoms with Crippen molar-refractivity contribution in [3.05, 3.63) is 0 Å². The lowest BCUT2D eigenvalue weighted by molar-refractivity contribution is -0.577. The van der Waals surface area contributed by atoms with E-state index in [0.717, 1.165) is 32.3 Å². The first-order valence-electron chi connectivity index (χ1n) is 15.8. The molecule has 1 saturated carbocycles. The molecule has 5 aliphatic rings. The molecular formula is C31H56O5. The highest BCUT2D eigenvalue weighted by Crippen LogP contribution is 2.60. The topological polar surface area (TPSA) is 46.2 Å². The van der Waals surface area contributed by atoms with Crippen molar-refractivity contribution in [3.63, 3.8) is 0 Å². The Kier molecular flexibility index (Phi) is 11.0. The molecule has 2 bridgehead atoms. The Balaban J connectivity index is 1.10. The van der Waals surface area contributed by atoms with Crippen LogP contribution in [0.1, 0.15) is 143 Å². The Hall–Kier alpha value is -0.200. The number of rotatable bonds is 16. The summed E-state index contributed by atoms with van der Waals surface area (Å²) >= 11 is 0. The van der Waals surface area contributed by atoms with Crippen LogP contribution in [-0.4, -0.2) is 30.6 Å². The Labute approximate surface area is 221 Å². The molecule has 0 N–H and O–H groups in total. The predicted octanol–water partition coefficient (Wildman–Crippen LogP) is 8.69. The number of hydrogen-bond donors (Lipinski definition) is 0. The maximum Gasteiger partial charge on any atom is 0.201 e. The maximum atomic E-state index is 6.53. The minimum atomic E-state index is -0.711. The normalized spacial score (nSPS) is 39.7. The average molecular weight is 509 g/mol. The molecule has 0 aromatic rings. The molecule has 210 valence electrons. The van der Waals surface area contributed by atoms with Crippen molar-refractivity contribution in [2.75, 3.05) is 6.61 Å². The summed E-state index contributed by atoms with van der Waals surface area (Å²) in [6, 6.07) is 0. The van der Waals surface area contributed by atoms with Crippen molar-refractivity contribution < 1.29 is 24.0 Å². The summed E-state index contributed by atoms with van der Waals surface area (Å²) in [6.07, 6.45) is 22.9. The molecule has 1 spiro atoms. The Morgan fingerprint density at radius 2 is 1.33 bits per heavy atom. The van der Waals surface area contributed by atoms with Gasteiger partial charge in [-0.05, 0) is 44.4 Å². The third-order valence-corrected chi connectivity index (χ3v) is 9.88. The number of ether oxygens (including phenoxy) is 3. The van der Waals surface area contributed by atoms with E-state index in [4.69, 9.17) is 24.0 Å². The van der Waals surface area contributed by atoms with Gasteiger partial charge in [-0.25, -0.2) is 9.78 Å². The molecule has 1 aliphatic carbocycles. The molecule has 5 rings (SSSR count). The quantitative estimate of drug-likeness (QED) is 0.154. The van der Waals surface area contributed by atoms with Crippen LogP contribution in [0, 0.1) is 23.7 Å². The zero-order valence-corrected chi connectivity index (χ0v) is 23.9. The molecule has 4 saturated heterocycles. The minimum absolute atomic E-state index is 0.215. The van der Waals surface area contributed by atoms with Crippen LogP contribution in [0.5, 0.6) is 0 Å². The Morgan fingerprint density at radius 3 is 1.97 bits per heavy atom. The van der Waals surface area contributed by atoms with Crippen molar-refractivity contribution in [2.24, 2.45) is 23.7 Å². The third-order valence-electron chi connectivity index (χ3n) is 9.88. The molecule has 0 radical (unpaired) electrons. The van der Waals surface area contributed by atoms with Gasteiger partial charge in [0.25, 0.3) is 0 Å². The van der Waals surface area contributed by atoms with E-state index >= 15 is 0 Å². The highest BCUT2D eigenvalue weighted by atomic mass is 17.3. The summed E-state index contributed by atoms with van der Waals surface area (Å²) in [4.78, 5) is 12.1. The van der Waals surface area contributed by atoms with E-state index < -0.39 is 17.7 Å². The van der Waals surface area contributed by atoms with Crippen molar-refractivity contribution in [3.8, 4) is 0 Å². The van der Waals surface area contributed by atoms with Crippen molar-refractivity contribution in [2.45, 2.75) is 167 Å². The lowest BCUT2D eigenvalue weighted by Gasteiger charge is -2.60. The smallest absolute Gasteiger partial charge is 0.201 e. The van der Waals surface area contributed by atoms with Crippen LogP contribution in [0.15, 0.2) is 0 Å². The lowest BCUT2D eigenvalue weighted by Crippen LogP contribution is -2.70. The molecule has 0 amide bonds. The highest BCUT2D eigenvalue weighted by Gasteiger charge is 2.69. The molecule has 0 unspecified atom stereocenters. The summed E-state index contributed by atoms with van der Waals surface area (Å²) in [5.41, 5.74) is -0.484. The van der Waals surface area contributed by atoms with E-state index in [9.17, 15) is 0 Å². The van der Waals surface area contributed by atoms with Crippen LogP contribution in [0.4, 0.5) is 0 Å². The summed E-state index contributed by atoms with van der Waals surface area (Å²) in [6.45, 7) is 9.69. The average Bonchev–Trinajstić information content (AvgIpc) is 3.10. The Morgan fingerprint density at radius 1 is 0.722 bits per heavy atom. The van der Waals surface area contributed by atoms with Gasteiger partial charge in [-0.2, -0.15) is 0 Å². The largest absolute Gasteiger partial charge is 0.352 e. The van der Waals surface area contributed by atoms with Crippen molar-refractivity contribution in [1.82, 2.24) is 0 Å². The number of hydrogen-bond acceptors (Lipinski definition) is 5. The van der Waals surface area contributed by atoms with Gasteiger partial charge < -0.3 is 14.2 Å². The van der Waals surface area contributed by atoms with E-state index in [1.54, 1.807) is 0 Å². The van der Waals surface area contributed by atoms with E-state index in [0.29, 0.717) is 17.8 Å². The molecule has 8 atom stereocenters.